The zero-order chi connectivity index (χ0) is 16.0. The molecule has 0 aromatic carbocycles. The molecule has 20 heavy (non-hydrogen) atoms. The summed E-state index contributed by atoms with van der Waals surface area (Å²) in [7, 11) is -3.23. The van der Waals surface area contributed by atoms with Crippen molar-refractivity contribution in [2.45, 2.75) is 52.2 Å². The van der Waals surface area contributed by atoms with Gasteiger partial charge in [0.1, 0.15) is 0 Å². The Bertz CT molecular complexity index is 347. The molecule has 0 aliphatic heterocycles. The SMILES string of the molecule is C=C/C=C(/F)C[PH](C)(B(CC)OC(C)(C)CC)C(F)F. The van der Waals surface area contributed by atoms with E-state index in [1.807, 2.05) is 27.7 Å². The van der Waals surface area contributed by atoms with Crippen molar-refractivity contribution in [1.29, 1.82) is 0 Å². The molecule has 0 saturated heterocycles. The van der Waals surface area contributed by atoms with E-state index in [-0.39, 0.29) is 6.16 Å². The topological polar surface area (TPSA) is 9.23 Å². The summed E-state index contributed by atoms with van der Waals surface area (Å²) in [4.78, 5) is 0. The van der Waals surface area contributed by atoms with Crippen LogP contribution in [0.3, 0.4) is 0 Å². The Hall–Kier alpha value is -0.275. The van der Waals surface area contributed by atoms with E-state index in [1.54, 1.807) is 0 Å². The standard InChI is InChI=1S/C14H27BF3OP/c1-7-10-12(16)11-20(6,13(17)18)15(9-3)19-14(4,5)8-2/h7,10,13,20H,1,8-9,11H2,2-6H3/b12-10+. The fourth-order valence-corrected chi connectivity index (χ4v) is 5.06. The van der Waals surface area contributed by atoms with Crippen LogP contribution in [0.2, 0.25) is 6.32 Å². The molecule has 0 unspecified atom stereocenters. The predicted molar refractivity (Wildman–Crippen MR) is 86.2 cm³/mol. The van der Waals surface area contributed by atoms with Gasteiger partial charge in [0.05, 0.1) is 0 Å². The molecule has 0 aromatic heterocycles. The molecular weight excluding hydrogens is 283 g/mol. The van der Waals surface area contributed by atoms with Crippen molar-refractivity contribution in [3.63, 3.8) is 0 Å². The minimum atomic E-state index is -3.23. The van der Waals surface area contributed by atoms with Crippen LogP contribution < -0.4 is 0 Å². The van der Waals surface area contributed by atoms with Crippen LogP contribution in [-0.4, -0.2) is 31.2 Å². The fraction of sp³-hybridized carbons (Fsp3) is 0.714. The third-order valence-electron chi connectivity index (χ3n) is 3.77. The molecule has 0 aliphatic rings. The Kier molecular flexibility index (Phi) is 8.12. The van der Waals surface area contributed by atoms with E-state index in [2.05, 4.69) is 6.58 Å². The quantitative estimate of drug-likeness (QED) is 0.317. The molecule has 6 heteroatoms. The van der Waals surface area contributed by atoms with Gasteiger partial charge in [0.25, 0.3) is 0 Å². The van der Waals surface area contributed by atoms with Crippen LogP contribution in [0, 0.1) is 0 Å². The molecule has 0 aromatic rings. The van der Waals surface area contributed by atoms with Gasteiger partial charge in [-0.15, -0.1) is 0 Å². The average Bonchev–Trinajstić information content (AvgIpc) is 2.35. The molecule has 0 rings (SSSR count). The van der Waals surface area contributed by atoms with Crippen LogP contribution in [0.15, 0.2) is 24.6 Å². The summed E-state index contributed by atoms with van der Waals surface area (Å²) in [5, 5.41) is 0. The van der Waals surface area contributed by atoms with Gasteiger partial charge in [-0.25, -0.2) is 0 Å². The van der Waals surface area contributed by atoms with Crippen LogP contribution in [0.1, 0.15) is 34.1 Å². The van der Waals surface area contributed by atoms with Gasteiger partial charge in [-0.05, 0) is 0 Å². The number of rotatable bonds is 9. The van der Waals surface area contributed by atoms with Crippen LogP contribution >= 0.6 is 7.14 Å². The summed E-state index contributed by atoms with van der Waals surface area (Å²) >= 11 is 0. The van der Waals surface area contributed by atoms with Gasteiger partial charge < -0.3 is 0 Å². The molecule has 0 radical (unpaired) electrons. The number of hydrogen-bond donors (Lipinski definition) is 0. The average molecular weight is 310 g/mol. The molecule has 118 valence electrons. The van der Waals surface area contributed by atoms with E-state index in [9.17, 15) is 13.2 Å². The second-order valence-corrected chi connectivity index (χ2v) is 10.4. The monoisotopic (exact) mass is 310 g/mol. The molecule has 0 amide bonds. The minimum absolute atomic E-state index is 0.213. The third-order valence-corrected chi connectivity index (χ3v) is 7.86. The van der Waals surface area contributed by atoms with Gasteiger partial charge in [0.2, 0.25) is 0 Å². The zero-order valence-electron chi connectivity index (χ0n) is 13.2. The van der Waals surface area contributed by atoms with E-state index in [1.165, 1.54) is 12.7 Å². The molecule has 0 N–H and O–H groups in total. The first-order valence-electron chi connectivity index (χ1n) is 7.06. The van der Waals surface area contributed by atoms with E-state index < -0.39 is 31.4 Å². The summed E-state index contributed by atoms with van der Waals surface area (Å²) in [6, 6.07) is 0. The van der Waals surface area contributed by atoms with Gasteiger partial charge in [0, 0.05) is 0 Å². The van der Waals surface area contributed by atoms with E-state index in [4.69, 9.17) is 4.65 Å². The zero-order valence-corrected chi connectivity index (χ0v) is 14.2. The van der Waals surface area contributed by atoms with Crippen molar-refractivity contribution in [3.05, 3.63) is 24.6 Å². The fourth-order valence-electron chi connectivity index (χ4n) is 2.03. The van der Waals surface area contributed by atoms with Crippen LogP contribution in [0.25, 0.3) is 0 Å². The van der Waals surface area contributed by atoms with Crippen LogP contribution in [-0.2, 0) is 4.65 Å². The van der Waals surface area contributed by atoms with E-state index in [0.717, 1.165) is 12.5 Å². The van der Waals surface area contributed by atoms with Crippen molar-refractivity contribution >= 4 is 13.8 Å². The van der Waals surface area contributed by atoms with Crippen molar-refractivity contribution in [2.75, 3.05) is 12.8 Å². The van der Waals surface area contributed by atoms with Crippen molar-refractivity contribution < 1.29 is 17.8 Å². The van der Waals surface area contributed by atoms with Crippen LogP contribution in [0.5, 0.6) is 0 Å². The molecular formula is C14H27BF3OP. The summed E-state index contributed by atoms with van der Waals surface area (Å²) in [5.74, 6) is -0.536. The summed E-state index contributed by atoms with van der Waals surface area (Å²) in [6.45, 7) is 11.9. The second kappa shape index (κ2) is 8.24. The maximum atomic E-state index is 13.7. The van der Waals surface area contributed by atoms with E-state index >= 15 is 0 Å². The summed E-state index contributed by atoms with van der Waals surface area (Å²) in [6.07, 6.45) is 0.900. The first-order valence-corrected chi connectivity index (χ1v) is 9.92. The van der Waals surface area contributed by atoms with Gasteiger partial charge in [-0.1, -0.05) is 0 Å². The first-order chi connectivity index (χ1) is 9.12. The number of hydrogen-bond acceptors (Lipinski definition) is 1. The van der Waals surface area contributed by atoms with E-state index in [0.29, 0.717) is 6.32 Å². The van der Waals surface area contributed by atoms with Crippen molar-refractivity contribution in [1.82, 2.24) is 0 Å². The van der Waals surface area contributed by atoms with Gasteiger partial charge >= 0.3 is 121 Å². The Balaban J connectivity index is 5.29. The Morgan fingerprint density at radius 3 is 2.30 bits per heavy atom. The molecule has 0 atom stereocenters. The van der Waals surface area contributed by atoms with Gasteiger partial charge in [0.15, 0.2) is 0 Å². The normalized spacial score (nSPS) is 14.6. The molecule has 0 bridgehead atoms. The number of allylic oxidation sites excluding steroid dienone is 3. The molecule has 0 aliphatic carbocycles. The first kappa shape index (κ1) is 19.7. The second-order valence-electron chi connectivity index (χ2n) is 5.96. The maximum absolute atomic E-state index is 13.7. The van der Waals surface area contributed by atoms with Gasteiger partial charge in [-0.2, -0.15) is 0 Å². The van der Waals surface area contributed by atoms with Crippen LogP contribution in [0.4, 0.5) is 13.2 Å². The summed E-state index contributed by atoms with van der Waals surface area (Å²) in [5.41, 5.74) is -0.470. The molecule has 0 saturated carbocycles. The number of halogens is 3. The number of alkyl halides is 2. The molecule has 1 nitrogen and oxygen atoms in total. The van der Waals surface area contributed by atoms with Crippen molar-refractivity contribution in [2.24, 2.45) is 0 Å². The molecule has 0 heterocycles. The Morgan fingerprint density at radius 1 is 1.40 bits per heavy atom. The van der Waals surface area contributed by atoms with Crippen molar-refractivity contribution in [3.8, 4) is 0 Å². The Morgan fingerprint density at radius 2 is 1.95 bits per heavy atom. The van der Waals surface area contributed by atoms with Gasteiger partial charge in [-0.3, -0.25) is 0 Å². The molecule has 0 spiro atoms. The summed E-state index contributed by atoms with van der Waals surface area (Å²) < 4.78 is 46.7. The molecule has 0 fully saturated rings. The third kappa shape index (κ3) is 5.61. The predicted octanol–water partition coefficient (Wildman–Crippen LogP) is 5.34. The Labute approximate surface area is 122 Å².